The van der Waals surface area contributed by atoms with E-state index in [0.29, 0.717) is 44.5 Å². The maximum Gasteiger partial charge on any atom is 0.270 e. The molecule has 0 spiro atoms. The average Bonchev–Trinajstić information content (AvgIpc) is 2.66. The van der Waals surface area contributed by atoms with E-state index in [2.05, 4.69) is 15.3 Å². The molecule has 1 amide bonds. The van der Waals surface area contributed by atoms with Crippen molar-refractivity contribution in [1.29, 1.82) is 0 Å². The molecule has 0 radical (unpaired) electrons. The number of aryl methyl sites for hydroxylation is 1. The minimum atomic E-state index is -0.410. The van der Waals surface area contributed by atoms with E-state index in [1.165, 1.54) is 12.1 Å². The number of carbonyl (C=O) groups is 1. The third-order valence-electron chi connectivity index (χ3n) is 4.67. The topological polar surface area (TPSA) is 67.4 Å². The Bertz CT molecular complexity index is 819. The maximum atomic E-state index is 13.5. The Morgan fingerprint density at radius 1 is 1.26 bits per heavy atom. The van der Waals surface area contributed by atoms with E-state index in [1.54, 1.807) is 12.1 Å². The third kappa shape index (κ3) is 4.80. The molecule has 1 aromatic heterocycles. The standard InChI is InChI=1S/C20H25FN4O2/c1-14-11-17(24-19(23-14)25-7-9-27-10-8-25)18(26)22-13-20(2,3)15-5-4-6-16(21)12-15/h4-6,11-12H,7-10,13H2,1-3H3,(H,22,26). The second-order valence-corrected chi connectivity index (χ2v) is 7.37. The molecule has 1 N–H and O–H groups in total. The number of nitrogens with zero attached hydrogens (tertiary/aromatic N) is 3. The molecular weight excluding hydrogens is 347 g/mol. The first-order valence-electron chi connectivity index (χ1n) is 9.08. The molecule has 1 fully saturated rings. The van der Waals surface area contributed by atoms with Crippen LogP contribution in [0.5, 0.6) is 0 Å². The number of aromatic nitrogens is 2. The van der Waals surface area contributed by atoms with Crippen LogP contribution in [0.4, 0.5) is 10.3 Å². The quantitative estimate of drug-likeness (QED) is 0.873. The molecule has 27 heavy (non-hydrogen) atoms. The van der Waals surface area contributed by atoms with Gasteiger partial charge in [0.15, 0.2) is 0 Å². The molecule has 1 aromatic carbocycles. The molecule has 1 saturated heterocycles. The van der Waals surface area contributed by atoms with Gasteiger partial charge in [0.05, 0.1) is 13.2 Å². The lowest BCUT2D eigenvalue weighted by atomic mass is 9.84. The summed E-state index contributed by atoms with van der Waals surface area (Å²) in [6.45, 7) is 8.80. The summed E-state index contributed by atoms with van der Waals surface area (Å²) in [5.41, 5.74) is 1.49. The second-order valence-electron chi connectivity index (χ2n) is 7.37. The highest BCUT2D eigenvalue weighted by molar-refractivity contribution is 5.92. The minimum Gasteiger partial charge on any atom is -0.378 e. The van der Waals surface area contributed by atoms with Crippen molar-refractivity contribution in [1.82, 2.24) is 15.3 Å². The molecule has 0 aliphatic carbocycles. The van der Waals surface area contributed by atoms with Gasteiger partial charge in [0.25, 0.3) is 5.91 Å². The number of hydrogen-bond acceptors (Lipinski definition) is 5. The predicted molar refractivity (Wildman–Crippen MR) is 102 cm³/mol. The Hall–Kier alpha value is -2.54. The van der Waals surface area contributed by atoms with Crippen LogP contribution in [-0.4, -0.2) is 48.7 Å². The van der Waals surface area contributed by atoms with Crippen LogP contribution in [0.2, 0.25) is 0 Å². The van der Waals surface area contributed by atoms with Crippen molar-refractivity contribution in [3.8, 4) is 0 Å². The van der Waals surface area contributed by atoms with E-state index in [-0.39, 0.29) is 11.7 Å². The van der Waals surface area contributed by atoms with Gasteiger partial charge in [-0.25, -0.2) is 14.4 Å². The maximum absolute atomic E-state index is 13.5. The largest absolute Gasteiger partial charge is 0.378 e. The summed E-state index contributed by atoms with van der Waals surface area (Å²) in [6.07, 6.45) is 0. The van der Waals surface area contributed by atoms with E-state index in [9.17, 15) is 9.18 Å². The molecule has 7 heteroatoms. The van der Waals surface area contributed by atoms with Crippen molar-refractivity contribution in [2.75, 3.05) is 37.7 Å². The van der Waals surface area contributed by atoms with Crippen molar-refractivity contribution in [2.45, 2.75) is 26.2 Å². The highest BCUT2D eigenvalue weighted by Gasteiger charge is 2.23. The molecule has 0 saturated carbocycles. The molecule has 144 valence electrons. The Morgan fingerprint density at radius 2 is 2.00 bits per heavy atom. The number of rotatable bonds is 5. The van der Waals surface area contributed by atoms with Crippen molar-refractivity contribution >= 4 is 11.9 Å². The smallest absolute Gasteiger partial charge is 0.270 e. The fourth-order valence-electron chi connectivity index (χ4n) is 2.98. The van der Waals surface area contributed by atoms with Crippen molar-refractivity contribution < 1.29 is 13.9 Å². The number of morpholine rings is 1. The molecule has 0 bridgehead atoms. The first-order valence-corrected chi connectivity index (χ1v) is 9.08. The molecule has 0 unspecified atom stereocenters. The zero-order valence-corrected chi connectivity index (χ0v) is 16.0. The normalized spacial score (nSPS) is 14.9. The Labute approximate surface area is 158 Å². The Kier molecular flexibility index (Phi) is 5.70. The summed E-state index contributed by atoms with van der Waals surface area (Å²) in [5, 5.41) is 2.92. The molecule has 0 atom stereocenters. The molecule has 6 nitrogen and oxygen atoms in total. The van der Waals surface area contributed by atoms with E-state index < -0.39 is 5.41 Å². The summed E-state index contributed by atoms with van der Waals surface area (Å²) < 4.78 is 18.9. The number of amides is 1. The molecule has 2 aromatic rings. The summed E-state index contributed by atoms with van der Waals surface area (Å²) >= 11 is 0. The minimum absolute atomic E-state index is 0.264. The van der Waals surface area contributed by atoms with Gasteiger partial charge in [-0.05, 0) is 30.7 Å². The van der Waals surface area contributed by atoms with E-state index in [1.807, 2.05) is 31.7 Å². The fourth-order valence-corrected chi connectivity index (χ4v) is 2.98. The number of anilines is 1. The van der Waals surface area contributed by atoms with Gasteiger partial charge in [0, 0.05) is 30.7 Å². The summed E-state index contributed by atoms with van der Waals surface area (Å²) in [7, 11) is 0. The average molecular weight is 372 g/mol. The van der Waals surface area contributed by atoms with Crippen molar-refractivity contribution in [3.63, 3.8) is 0 Å². The Morgan fingerprint density at radius 3 is 2.70 bits per heavy atom. The zero-order chi connectivity index (χ0) is 19.4. The van der Waals surface area contributed by atoms with Gasteiger partial charge in [-0.1, -0.05) is 26.0 Å². The summed E-state index contributed by atoms with van der Waals surface area (Å²) in [5.74, 6) is 0.000748. The molecule has 3 rings (SSSR count). The van der Waals surface area contributed by atoms with Gasteiger partial charge in [-0.3, -0.25) is 4.79 Å². The molecular formula is C20H25FN4O2. The summed E-state index contributed by atoms with van der Waals surface area (Å²) in [4.78, 5) is 23.6. The van der Waals surface area contributed by atoms with Crippen LogP contribution < -0.4 is 10.2 Å². The van der Waals surface area contributed by atoms with Crippen LogP contribution in [0.25, 0.3) is 0 Å². The lowest BCUT2D eigenvalue weighted by Gasteiger charge is -2.27. The fraction of sp³-hybridized carbons (Fsp3) is 0.450. The zero-order valence-electron chi connectivity index (χ0n) is 16.0. The van der Waals surface area contributed by atoms with Crippen LogP contribution in [0, 0.1) is 12.7 Å². The van der Waals surface area contributed by atoms with E-state index >= 15 is 0 Å². The molecule has 1 aliphatic rings. The number of hydrogen-bond donors (Lipinski definition) is 1. The lowest BCUT2D eigenvalue weighted by Crippen LogP contribution is -2.39. The van der Waals surface area contributed by atoms with Crippen molar-refractivity contribution in [3.05, 3.63) is 53.1 Å². The lowest BCUT2D eigenvalue weighted by molar-refractivity contribution is 0.0940. The first kappa shape index (κ1) is 19.2. The van der Waals surface area contributed by atoms with Gasteiger partial charge in [-0.15, -0.1) is 0 Å². The molecule has 1 aliphatic heterocycles. The Balaban J connectivity index is 1.71. The number of ether oxygens (including phenoxy) is 1. The van der Waals surface area contributed by atoms with Gasteiger partial charge >= 0.3 is 0 Å². The summed E-state index contributed by atoms with van der Waals surface area (Å²) in [6, 6.07) is 8.12. The molecule has 2 heterocycles. The van der Waals surface area contributed by atoms with Crippen LogP contribution in [0.1, 0.15) is 35.6 Å². The third-order valence-corrected chi connectivity index (χ3v) is 4.67. The number of halogens is 1. The van der Waals surface area contributed by atoms with Crippen LogP contribution in [-0.2, 0) is 10.2 Å². The first-order chi connectivity index (χ1) is 12.8. The van der Waals surface area contributed by atoms with E-state index in [0.717, 1.165) is 11.3 Å². The van der Waals surface area contributed by atoms with Gasteiger partial charge in [0.2, 0.25) is 5.95 Å². The SMILES string of the molecule is Cc1cc(C(=O)NCC(C)(C)c2cccc(F)c2)nc(N2CCOCC2)n1. The predicted octanol–water partition coefficient (Wildman–Crippen LogP) is 2.47. The van der Waals surface area contributed by atoms with Gasteiger partial charge < -0.3 is 15.0 Å². The van der Waals surface area contributed by atoms with E-state index in [4.69, 9.17) is 4.74 Å². The second kappa shape index (κ2) is 8.00. The monoisotopic (exact) mass is 372 g/mol. The number of nitrogens with one attached hydrogen (secondary N) is 1. The number of carbonyl (C=O) groups excluding carboxylic acids is 1. The van der Waals surface area contributed by atoms with Gasteiger partial charge in [0.1, 0.15) is 11.5 Å². The number of benzene rings is 1. The van der Waals surface area contributed by atoms with Crippen LogP contribution in [0.3, 0.4) is 0 Å². The highest BCUT2D eigenvalue weighted by Crippen LogP contribution is 2.23. The van der Waals surface area contributed by atoms with Crippen molar-refractivity contribution in [2.24, 2.45) is 0 Å². The van der Waals surface area contributed by atoms with Crippen LogP contribution in [0.15, 0.2) is 30.3 Å². The highest BCUT2D eigenvalue weighted by atomic mass is 19.1. The van der Waals surface area contributed by atoms with Gasteiger partial charge in [-0.2, -0.15) is 0 Å². The van der Waals surface area contributed by atoms with Crippen LogP contribution >= 0.6 is 0 Å².